The molecule has 24 heavy (non-hydrogen) atoms. The van der Waals surface area contributed by atoms with Crippen molar-refractivity contribution in [3.63, 3.8) is 0 Å². The lowest BCUT2D eigenvalue weighted by atomic mass is 10.3. The van der Waals surface area contributed by atoms with Crippen LogP contribution in [0.25, 0.3) is 0 Å². The zero-order valence-corrected chi connectivity index (χ0v) is 13.8. The van der Waals surface area contributed by atoms with Crippen molar-refractivity contribution in [2.45, 2.75) is 0 Å². The van der Waals surface area contributed by atoms with Crippen molar-refractivity contribution in [1.29, 1.82) is 0 Å². The van der Waals surface area contributed by atoms with Gasteiger partial charge in [-0.3, -0.25) is 0 Å². The molecule has 0 fully saturated rings. The van der Waals surface area contributed by atoms with Gasteiger partial charge in [-0.05, 0) is 0 Å². The molecule has 0 saturated carbocycles. The molecule has 1 aliphatic heterocycles. The van der Waals surface area contributed by atoms with Crippen LogP contribution in [0.15, 0.2) is 16.5 Å². The lowest BCUT2D eigenvalue weighted by molar-refractivity contribution is -0.00906. The molecule has 132 valence electrons. The molecule has 0 atom stereocenters. The lowest BCUT2D eigenvalue weighted by Gasteiger charge is -2.09. The van der Waals surface area contributed by atoms with Gasteiger partial charge in [0.05, 0.1) is 39.6 Å². The van der Waals surface area contributed by atoms with E-state index in [1.807, 2.05) is 0 Å². The highest BCUT2D eigenvalue weighted by atomic mass is 32.1. The van der Waals surface area contributed by atoms with Gasteiger partial charge in [0, 0.05) is 16.6 Å². The molecule has 0 N–H and O–H groups in total. The minimum atomic E-state index is -0.736. The number of carbonyl (C=O) groups excluding carboxylic acids is 2. The molecule has 9 heteroatoms. The first-order valence-corrected chi connectivity index (χ1v) is 7.80. The summed E-state index contributed by atoms with van der Waals surface area (Å²) in [4.78, 5) is 23.8. The molecule has 0 amide bonds. The van der Waals surface area contributed by atoms with Crippen molar-refractivity contribution in [3.8, 4) is 0 Å². The fourth-order valence-electron chi connectivity index (χ4n) is 1.75. The van der Waals surface area contributed by atoms with E-state index in [2.05, 4.69) is 0 Å². The molecule has 2 rings (SSSR count). The van der Waals surface area contributed by atoms with Gasteiger partial charge in [0.15, 0.2) is 0 Å². The van der Waals surface area contributed by atoms with E-state index in [0.717, 1.165) is 0 Å². The number of carbonyl (C=O) groups is 2. The van der Waals surface area contributed by atoms with E-state index in [9.17, 15) is 9.59 Å². The van der Waals surface area contributed by atoms with Gasteiger partial charge >= 0.3 is 11.9 Å². The van der Waals surface area contributed by atoms with Crippen molar-refractivity contribution in [3.05, 3.63) is 28.2 Å². The third kappa shape index (κ3) is 6.36. The van der Waals surface area contributed by atoms with Gasteiger partial charge in [-0.25, -0.2) is 9.59 Å². The zero-order chi connectivity index (χ0) is 17.2. The van der Waals surface area contributed by atoms with E-state index in [1.54, 1.807) is 0 Å². The minimum absolute atomic E-state index is 0.0406. The van der Waals surface area contributed by atoms with E-state index in [0.29, 0.717) is 26.4 Å². The van der Waals surface area contributed by atoms with Crippen LogP contribution in [-0.4, -0.2) is 64.8 Å². The van der Waals surface area contributed by atoms with Crippen LogP contribution in [0.4, 0.5) is 0 Å². The summed E-state index contributed by atoms with van der Waals surface area (Å²) in [7, 11) is 0. The molecule has 1 aromatic rings. The van der Waals surface area contributed by atoms with Gasteiger partial charge in [0.1, 0.15) is 13.2 Å². The second kappa shape index (κ2) is 10.1. The van der Waals surface area contributed by atoms with Crippen molar-refractivity contribution < 1.29 is 37.7 Å². The third-order valence-electron chi connectivity index (χ3n) is 2.83. The first-order chi connectivity index (χ1) is 11.7. The first kappa shape index (κ1) is 18.5. The Morgan fingerprint density at radius 2 is 1.04 bits per heavy atom. The summed E-state index contributed by atoms with van der Waals surface area (Å²) in [5.74, 6) is -1.81. The molecule has 0 unspecified atom stereocenters. The molecule has 1 aliphatic rings. The maximum absolute atomic E-state index is 11.9. The number of fused-ring (bicyclic) bond motifs is 2. The Balaban J connectivity index is 2.04. The number of hydrogen-bond donors (Lipinski definition) is 0. The first-order valence-electron chi connectivity index (χ1n) is 7.39. The second-order valence-corrected chi connectivity index (χ2v) is 5.10. The number of cyclic esters (lactones) is 2. The quantitative estimate of drug-likeness (QED) is 0.503. The third-order valence-corrected chi connectivity index (χ3v) is 3.07. The number of ether oxygens (including phenoxy) is 5. The van der Waals surface area contributed by atoms with Crippen molar-refractivity contribution >= 4 is 24.2 Å². The number of esters is 2. The summed E-state index contributed by atoms with van der Waals surface area (Å²) < 4.78 is 31.3. The topological polar surface area (TPSA) is 93.4 Å². The number of hydrogen-bond acceptors (Lipinski definition) is 9. The Kier molecular flexibility index (Phi) is 7.83. The van der Waals surface area contributed by atoms with Crippen LogP contribution >= 0.6 is 12.2 Å². The summed E-state index contributed by atoms with van der Waals surface area (Å²) in [5.41, 5.74) is 0. The normalized spacial score (nSPS) is 18.8. The van der Waals surface area contributed by atoms with Crippen molar-refractivity contribution in [1.82, 2.24) is 0 Å². The fraction of sp³-hybridized carbons (Fsp3) is 0.533. The smallest absolute Gasteiger partial charge is 0.374 e. The lowest BCUT2D eigenvalue weighted by Crippen LogP contribution is -2.17. The highest BCUT2D eigenvalue weighted by Crippen LogP contribution is 2.10. The highest BCUT2D eigenvalue weighted by Gasteiger charge is 2.17. The van der Waals surface area contributed by atoms with Crippen LogP contribution in [0.2, 0.25) is 0 Å². The summed E-state index contributed by atoms with van der Waals surface area (Å²) in [6.07, 6.45) is 0. The summed E-state index contributed by atoms with van der Waals surface area (Å²) >= 11 is 5.02. The predicted octanol–water partition coefficient (Wildman–Crippen LogP) is 1.39. The Labute approximate surface area is 143 Å². The van der Waals surface area contributed by atoms with Gasteiger partial charge in [-0.15, -0.1) is 0 Å². The summed E-state index contributed by atoms with van der Waals surface area (Å²) in [6, 6.07) is 2.62. The molecule has 0 saturated heterocycles. The van der Waals surface area contributed by atoms with Crippen LogP contribution in [0.1, 0.15) is 21.1 Å². The van der Waals surface area contributed by atoms with Gasteiger partial charge in [0.2, 0.25) is 11.5 Å². The molecule has 2 heterocycles. The van der Waals surface area contributed by atoms with E-state index in [-0.39, 0.29) is 42.5 Å². The minimum Gasteiger partial charge on any atom is -0.457 e. The van der Waals surface area contributed by atoms with Crippen LogP contribution in [0, 0.1) is 4.51 Å². The maximum atomic E-state index is 11.9. The second-order valence-electron chi connectivity index (χ2n) is 4.63. The predicted molar refractivity (Wildman–Crippen MR) is 82.6 cm³/mol. The molecular formula is C15H18O8S. The molecule has 8 nitrogen and oxygen atoms in total. The Bertz CT molecular complexity index is 564. The SMILES string of the molecule is O=C1OCCOCCOCCOCCOC(=O)c2cc(=S)cc1o2. The Morgan fingerprint density at radius 3 is 1.46 bits per heavy atom. The van der Waals surface area contributed by atoms with E-state index in [4.69, 9.17) is 40.3 Å². The molecule has 0 radical (unpaired) electrons. The largest absolute Gasteiger partial charge is 0.457 e. The average molecular weight is 358 g/mol. The molecule has 0 aromatic carbocycles. The van der Waals surface area contributed by atoms with Gasteiger partial charge < -0.3 is 28.1 Å². The summed E-state index contributed by atoms with van der Waals surface area (Å²) in [6.45, 7) is 2.09. The Morgan fingerprint density at radius 1 is 0.667 bits per heavy atom. The molecule has 2 bridgehead atoms. The molecule has 0 spiro atoms. The Hall–Kier alpha value is -1.81. The molecule has 1 aromatic heterocycles. The monoisotopic (exact) mass is 358 g/mol. The zero-order valence-electron chi connectivity index (χ0n) is 13.0. The standard InChI is InChI=1S/C15H18O8S/c16-14-12-9-11(24)10-13(23-12)15(17)22-8-6-20-4-2-18-1-3-19-5-7-21-14/h9-10H,1-8H2. The summed E-state index contributed by atoms with van der Waals surface area (Å²) in [5, 5.41) is 0. The van der Waals surface area contributed by atoms with Gasteiger partial charge in [-0.1, -0.05) is 12.2 Å². The average Bonchev–Trinajstić information content (AvgIpc) is 2.57. The fourth-order valence-corrected chi connectivity index (χ4v) is 1.96. The van der Waals surface area contributed by atoms with Crippen LogP contribution in [0.5, 0.6) is 0 Å². The maximum Gasteiger partial charge on any atom is 0.374 e. The van der Waals surface area contributed by atoms with Gasteiger partial charge in [-0.2, -0.15) is 0 Å². The highest BCUT2D eigenvalue weighted by molar-refractivity contribution is 7.71. The van der Waals surface area contributed by atoms with Crippen LogP contribution in [-0.2, 0) is 23.7 Å². The van der Waals surface area contributed by atoms with Crippen LogP contribution in [0.3, 0.4) is 0 Å². The van der Waals surface area contributed by atoms with Crippen LogP contribution < -0.4 is 0 Å². The van der Waals surface area contributed by atoms with E-state index in [1.165, 1.54) is 12.1 Å². The van der Waals surface area contributed by atoms with E-state index >= 15 is 0 Å². The van der Waals surface area contributed by atoms with Crippen molar-refractivity contribution in [2.75, 3.05) is 52.9 Å². The van der Waals surface area contributed by atoms with E-state index < -0.39 is 11.9 Å². The number of rotatable bonds is 0. The molecular weight excluding hydrogens is 340 g/mol. The van der Waals surface area contributed by atoms with Crippen molar-refractivity contribution in [2.24, 2.45) is 0 Å². The molecule has 0 aliphatic carbocycles. The van der Waals surface area contributed by atoms with Gasteiger partial charge in [0.25, 0.3) is 0 Å².